The van der Waals surface area contributed by atoms with E-state index in [2.05, 4.69) is 28.7 Å². The number of hydrogen-bond acceptors (Lipinski definition) is 2. The molecule has 0 saturated heterocycles. The minimum absolute atomic E-state index is 0.0978. The van der Waals surface area contributed by atoms with Crippen LogP contribution in [0.2, 0.25) is 5.02 Å². The fourth-order valence-corrected chi connectivity index (χ4v) is 3.57. The second kappa shape index (κ2) is 9.14. The number of unbranched alkanes of at least 4 members (excludes halogenated alkanes) is 1. The Kier molecular flexibility index (Phi) is 6.63. The average molecular weight is 371 g/mol. The maximum atomic E-state index is 13.6. The third kappa shape index (κ3) is 5.05. The van der Waals surface area contributed by atoms with Crippen molar-refractivity contribution >= 4 is 11.6 Å². The lowest BCUT2D eigenvalue weighted by atomic mass is 9.80. The van der Waals surface area contributed by atoms with E-state index in [1.165, 1.54) is 57.1 Å². The molecule has 136 valence electrons. The zero-order chi connectivity index (χ0) is 18.4. The summed E-state index contributed by atoms with van der Waals surface area (Å²) in [5.74, 6) is 7.98. The largest absolute Gasteiger partial charge is 0.235 e. The van der Waals surface area contributed by atoms with Gasteiger partial charge in [0.1, 0.15) is 5.82 Å². The molecule has 0 N–H and O–H groups in total. The van der Waals surface area contributed by atoms with E-state index in [-0.39, 0.29) is 5.02 Å². The average Bonchev–Trinajstić information content (AvgIpc) is 2.68. The van der Waals surface area contributed by atoms with Crippen LogP contribution in [-0.4, -0.2) is 9.97 Å². The Morgan fingerprint density at radius 3 is 2.54 bits per heavy atom. The van der Waals surface area contributed by atoms with Crippen molar-refractivity contribution in [1.82, 2.24) is 9.97 Å². The quantitative estimate of drug-likeness (QED) is 0.591. The summed E-state index contributed by atoms with van der Waals surface area (Å²) in [4.78, 5) is 8.61. The van der Waals surface area contributed by atoms with Gasteiger partial charge in [-0.25, -0.2) is 14.4 Å². The number of aromatic nitrogens is 2. The van der Waals surface area contributed by atoms with Gasteiger partial charge in [-0.05, 0) is 49.8 Å². The predicted octanol–water partition coefficient (Wildman–Crippen LogP) is 6.28. The van der Waals surface area contributed by atoms with Gasteiger partial charge in [0.05, 0.1) is 10.6 Å². The minimum Gasteiger partial charge on any atom is -0.235 e. The van der Waals surface area contributed by atoms with Crippen LogP contribution in [0.25, 0.3) is 11.4 Å². The van der Waals surface area contributed by atoms with Gasteiger partial charge in [0.15, 0.2) is 5.82 Å². The van der Waals surface area contributed by atoms with Crippen molar-refractivity contribution in [3.63, 3.8) is 0 Å². The Hall–Kier alpha value is -1.92. The Bertz CT molecular complexity index is 784. The van der Waals surface area contributed by atoms with Gasteiger partial charge in [-0.2, -0.15) is 0 Å². The summed E-state index contributed by atoms with van der Waals surface area (Å²) in [6.45, 7) is 2.26. The highest BCUT2D eigenvalue weighted by Crippen LogP contribution is 2.31. The molecule has 0 amide bonds. The highest BCUT2D eigenvalue weighted by Gasteiger charge is 2.19. The van der Waals surface area contributed by atoms with Gasteiger partial charge in [0, 0.05) is 23.9 Å². The minimum atomic E-state index is -0.467. The number of nitrogens with zero attached hydrogens (tertiary/aromatic N) is 2. The molecule has 2 aromatic rings. The van der Waals surface area contributed by atoms with E-state index in [0.717, 1.165) is 11.5 Å². The molecule has 1 aromatic carbocycles. The second-order valence-electron chi connectivity index (χ2n) is 7.05. The third-order valence-corrected chi connectivity index (χ3v) is 5.37. The van der Waals surface area contributed by atoms with Gasteiger partial charge < -0.3 is 0 Å². The van der Waals surface area contributed by atoms with Crippen molar-refractivity contribution < 1.29 is 4.39 Å². The molecule has 2 nitrogen and oxygen atoms in total. The molecule has 26 heavy (non-hydrogen) atoms. The molecule has 1 aliphatic carbocycles. The topological polar surface area (TPSA) is 25.8 Å². The monoisotopic (exact) mass is 370 g/mol. The molecular weight excluding hydrogens is 347 g/mol. The molecule has 3 rings (SSSR count). The fraction of sp³-hybridized carbons (Fsp3) is 0.455. The highest BCUT2D eigenvalue weighted by molar-refractivity contribution is 6.30. The molecule has 0 bridgehead atoms. The summed E-state index contributed by atoms with van der Waals surface area (Å²) in [5, 5.41) is 0.0978. The summed E-state index contributed by atoms with van der Waals surface area (Å²) >= 11 is 5.71. The van der Waals surface area contributed by atoms with E-state index in [4.69, 9.17) is 11.6 Å². The van der Waals surface area contributed by atoms with Crippen LogP contribution in [0.4, 0.5) is 4.39 Å². The first kappa shape index (κ1) is 18.9. The Balaban J connectivity index is 1.58. The summed E-state index contributed by atoms with van der Waals surface area (Å²) in [6, 6.07) is 4.57. The lowest BCUT2D eigenvalue weighted by molar-refractivity contribution is 0.296. The molecule has 4 heteroatoms. The smallest absolute Gasteiger partial charge is 0.159 e. The molecule has 0 atom stereocenters. The normalized spacial score (nSPS) is 19.7. The van der Waals surface area contributed by atoms with E-state index < -0.39 is 5.82 Å². The SMILES string of the molecule is CCCCC1CCC(C#Cc2cnc(-c3ccc(Cl)c(F)c3)nc2)CC1. The van der Waals surface area contributed by atoms with Gasteiger partial charge in [0.25, 0.3) is 0 Å². The van der Waals surface area contributed by atoms with Crippen molar-refractivity contribution in [2.75, 3.05) is 0 Å². The van der Waals surface area contributed by atoms with E-state index in [1.807, 2.05) is 0 Å². The highest BCUT2D eigenvalue weighted by atomic mass is 35.5. The molecule has 1 fully saturated rings. The molecule has 0 spiro atoms. The maximum Gasteiger partial charge on any atom is 0.159 e. The maximum absolute atomic E-state index is 13.6. The molecule has 1 heterocycles. The van der Waals surface area contributed by atoms with E-state index in [1.54, 1.807) is 18.5 Å². The van der Waals surface area contributed by atoms with Crippen LogP contribution in [0, 0.1) is 29.5 Å². The molecule has 0 unspecified atom stereocenters. The molecule has 1 aliphatic rings. The first-order valence-electron chi connectivity index (χ1n) is 9.44. The summed E-state index contributed by atoms with van der Waals surface area (Å²) in [5.41, 5.74) is 1.41. The molecule has 0 radical (unpaired) electrons. The van der Waals surface area contributed by atoms with Crippen molar-refractivity contribution in [3.05, 3.63) is 47.0 Å². The number of rotatable bonds is 4. The third-order valence-electron chi connectivity index (χ3n) is 5.06. The Morgan fingerprint density at radius 2 is 1.88 bits per heavy atom. The number of hydrogen-bond donors (Lipinski definition) is 0. The van der Waals surface area contributed by atoms with Gasteiger partial charge in [-0.15, -0.1) is 0 Å². The van der Waals surface area contributed by atoms with Crippen LogP contribution in [-0.2, 0) is 0 Å². The van der Waals surface area contributed by atoms with Gasteiger partial charge in [0.2, 0.25) is 0 Å². The summed E-state index contributed by atoms with van der Waals surface area (Å²) in [6.07, 6.45) is 12.4. The molecular formula is C22H24ClFN2. The lowest BCUT2D eigenvalue weighted by Gasteiger charge is -2.25. The van der Waals surface area contributed by atoms with Crippen molar-refractivity contribution in [2.24, 2.45) is 11.8 Å². The second-order valence-corrected chi connectivity index (χ2v) is 7.46. The van der Waals surface area contributed by atoms with Crippen LogP contribution in [0.5, 0.6) is 0 Å². The van der Waals surface area contributed by atoms with E-state index >= 15 is 0 Å². The van der Waals surface area contributed by atoms with Crippen LogP contribution < -0.4 is 0 Å². The Morgan fingerprint density at radius 1 is 1.15 bits per heavy atom. The van der Waals surface area contributed by atoms with Crippen molar-refractivity contribution in [3.8, 4) is 23.2 Å². The van der Waals surface area contributed by atoms with Gasteiger partial charge in [-0.3, -0.25) is 0 Å². The first-order chi connectivity index (χ1) is 12.7. The van der Waals surface area contributed by atoms with E-state index in [9.17, 15) is 4.39 Å². The molecule has 1 saturated carbocycles. The van der Waals surface area contributed by atoms with Crippen LogP contribution in [0.3, 0.4) is 0 Å². The van der Waals surface area contributed by atoms with Crippen LogP contribution in [0.1, 0.15) is 57.4 Å². The molecule has 1 aromatic heterocycles. The van der Waals surface area contributed by atoms with E-state index in [0.29, 0.717) is 17.3 Å². The standard InChI is InChI=1S/C22H24ClFN2/c1-2-3-4-16-5-7-17(8-6-16)9-10-18-14-25-22(26-15-18)19-11-12-20(23)21(24)13-19/h11-17H,2-8H2,1H3. The lowest BCUT2D eigenvalue weighted by Crippen LogP contribution is -2.13. The summed E-state index contributed by atoms with van der Waals surface area (Å²) in [7, 11) is 0. The van der Waals surface area contributed by atoms with Crippen molar-refractivity contribution in [1.29, 1.82) is 0 Å². The first-order valence-corrected chi connectivity index (χ1v) is 9.82. The van der Waals surface area contributed by atoms with Crippen molar-refractivity contribution in [2.45, 2.75) is 51.9 Å². The summed E-state index contributed by atoms with van der Waals surface area (Å²) < 4.78 is 13.6. The predicted molar refractivity (Wildman–Crippen MR) is 104 cm³/mol. The van der Waals surface area contributed by atoms with Crippen LogP contribution in [0.15, 0.2) is 30.6 Å². The van der Waals surface area contributed by atoms with Crippen LogP contribution >= 0.6 is 11.6 Å². The number of halogens is 2. The van der Waals surface area contributed by atoms with Gasteiger partial charge in [-0.1, -0.05) is 49.6 Å². The fourth-order valence-electron chi connectivity index (χ4n) is 3.45. The zero-order valence-corrected chi connectivity index (χ0v) is 15.9. The molecule has 0 aliphatic heterocycles. The van der Waals surface area contributed by atoms with Gasteiger partial charge >= 0.3 is 0 Å². The zero-order valence-electron chi connectivity index (χ0n) is 15.1. The number of benzene rings is 1. The Labute approximate surface area is 160 Å².